The van der Waals surface area contributed by atoms with Gasteiger partial charge in [-0.05, 0) is 31.6 Å². The number of hydrogen-bond donors (Lipinski definition) is 3. The number of phosphoric ester groups is 2. The third-order valence-corrected chi connectivity index (χ3v) is 24.8. The topological polar surface area (TPSA) is 237 Å². The van der Waals surface area contributed by atoms with Crippen molar-refractivity contribution >= 4 is 39.5 Å². The molecule has 0 amide bonds. The molecule has 0 aromatic heterocycles. The molecule has 3 unspecified atom stereocenters. The summed E-state index contributed by atoms with van der Waals surface area (Å²) in [6.45, 7) is 7.47. The first kappa shape index (κ1) is 112. The number of carbonyl (C=O) groups excluding carboxylic acids is 4. The Morgan fingerprint density at radius 2 is 0.421 bits per heavy atom. The first-order valence-corrected chi connectivity index (χ1v) is 52.2. The van der Waals surface area contributed by atoms with Crippen molar-refractivity contribution in [2.24, 2.45) is 5.92 Å². The lowest BCUT2D eigenvalue weighted by molar-refractivity contribution is -0.161. The Labute approximate surface area is 702 Å². The quantitative estimate of drug-likeness (QED) is 0.0222. The molecule has 0 radical (unpaired) electrons. The lowest BCUT2D eigenvalue weighted by Crippen LogP contribution is -2.30. The number of ether oxygens (including phenoxy) is 4. The SMILES string of the molecule is CCCCCCCCCCCCCCCCCCCCCCCCC(=O)O[C@H](COC(=O)CCCCCCCCCCCCCCCCCCCCCCC)COP(=O)(O)OC[C@@H](O)COP(=O)(O)OC[C@@H](COC(=O)CCCCCCCCCCCCCCC)OC(=O)CCCCCCCCCCCCCCCCC(C)CC. The summed E-state index contributed by atoms with van der Waals surface area (Å²) < 4.78 is 69.2. The number of phosphoric acid groups is 2. The number of hydrogen-bond acceptors (Lipinski definition) is 15. The largest absolute Gasteiger partial charge is 0.472 e. The van der Waals surface area contributed by atoms with Crippen LogP contribution < -0.4 is 0 Å². The minimum Gasteiger partial charge on any atom is -0.462 e. The van der Waals surface area contributed by atoms with Crippen molar-refractivity contribution < 1.29 is 80.2 Å². The highest BCUT2D eigenvalue weighted by Gasteiger charge is 2.31. The molecule has 0 aromatic carbocycles. The third kappa shape index (κ3) is 86.4. The zero-order valence-electron chi connectivity index (χ0n) is 75.2. The van der Waals surface area contributed by atoms with Gasteiger partial charge in [-0.15, -0.1) is 0 Å². The molecule has 17 nitrogen and oxygen atoms in total. The van der Waals surface area contributed by atoms with Gasteiger partial charge in [0.15, 0.2) is 12.2 Å². The van der Waals surface area contributed by atoms with E-state index in [9.17, 15) is 43.2 Å². The van der Waals surface area contributed by atoms with E-state index < -0.39 is 97.5 Å². The van der Waals surface area contributed by atoms with Crippen LogP contribution in [0.3, 0.4) is 0 Å². The van der Waals surface area contributed by atoms with Crippen LogP contribution in [0.5, 0.6) is 0 Å². The van der Waals surface area contributed by atoms with Gasteiger partial charge < -0.3 is 33.8 Å². The van der Waals surface area contributed by atoms with Crippen LogP contribution in [0.1, 0.15) is 523 Å². The maximum Gasteiger partial charge on any atom is 0.472 e. The lowest BCUT2D eigenvalue weighted by Gasteiger charge is -2.21. The van der Waals surface area contributed by atoms with E-state index in [1.54, 1.807) is 0 Å². The Hall–Kier alpha value is -1.94. The second-order valence-corrected chi connectivity index (χ2v) is 37.3. The summed E-state index contributed by atoms with van der Waals surface area (Å²) in [5.41, 5.74) is 0. The highest BCUT2D eigenvalue weighted by molar-refractivity contribution is 7.47. The van der Waals surface area contributed by atoms with E-state index in [2.05, 4.69) is 34.6 Å². The van der Waals surface area contributed by atoms with Crippen molar-refractivity contribution in [2.45, 2.75) is 541 Å². The van der Waals surface area contributed by atoms with E-state index in [-0.39, 0.29) is 25.7 Å². The summed E-state index contributed by atoms with van der Waals surface area (Å²) in [7, 11) is -9.94. The Bertz CT molecular complexity index is 2150. The van der Waals surface area contributed by atoms with Crippen molar-refractivity contribution in [2.75, 3.05) is 39.6 Å². The molecule has 0 aromatic rings. The monoisotopic (exact) mass is 1660 g/mol. The smallest absolute Gasteiger partial charge is 0.462 e. The van der Waals surface area contributed by atoms with Crippen LogP contribution >= 0.6 is 15.6 Å². The zero-order valence-corrected chi connectivity index (χ0v) is 77.0. The summed E-state index contributed by atoms with van der Waals surface area (Å²) in [6.07, 6.45) is 84.8. The molecule has 0 saturated heterocycles. The predicted octanol–water partition coefficient (Wildman–Crippen LogP) is 29.9. The fraction of sp³-hybridized carbons (Fsp3) is 0.958. The Balaban J connectivity index is 5.25. The molecule has 6 atom stereocenters. The Kier molecular flexibility index (Phi) is 85.9. The summed E-state index contributed by atoms with van der Waals surface area (Å²) in [6, 6.07) is 0. The van der Waals surface area contributed by atoms with E-state index in [1.807, 2.05) is 0 Å². The minimum atomic E-state index is -4.97. The van der Waals surface area contributed by atoms with Gasteiger partial charge in [-0.25, -0.2) is 9.13 Å². The average Bonchev–Trinajstić information content (AvgIpc) is 0.895. The van der Waals surface area contributed by atoms with Crippen molar-refractivity contribution in [3.63, 3.8) is 0 Å². The number of rotatable bonds is 95. The van der Waals surface area contributed by atoms with Crippen LogP contribution in [-0.4, -0.2) is 96.7 Å². The molecule has 0 aliphatic heterocycles. The molecule has 0 spiro atoms. The number of aliphatic hydroxyl groups is 1. The van der Waals surface area contributed by atoms with Crippen LogP contribution in [0.25, 0.3) is 0 Å². The molecule has 0 fully saturated rings. The zero-order chi connectivity index (χ0) is 83.3. The molecular formula is C95H186O17P2. The van der Waals surface area contributed by atoms with Crippen LogP contribution in [0.4, 0.5) is 0 Å². The number of aliphatic hydroxyl groups excluding tert-OH is 1. The number of esters is 4. The van der Waals surface area contributed by atoms with Crippen molar-refractivity contribution in [1.82, 2.24) is 0 Å². The Morgan fingerprint density at radius 1 is 0.246 bits per heavy atom. The molecule has 19 heteroatoms. The first-order chi connectivity index (χ1) is 55.6. The van der Waals surface area contributed by atoms with E-state index in [4.69, 9.17) is 37.0 Å². The minimum absolute atomic E-state index is 0.109. The van der Waals surface area contributed by atoms with Crippen molar-refractivity contribution in [3.8, 4) is 0 Å². The molecule has 0 saturated carbocycles. The van der Waals surface area contributed by atoms with Gasteiger partial charge in [0.05, 0.1) is 26.4 Å². The van der Waals surface area contributed by atoms with Crippen LogP contribution in [0.2, 0.25) is 0 Å². The molecule has 678 valence electrons. The normalized spacial score (nSPS) is 13.9. The van der Waals surface area contributed by atoms with Crippen LogP contribution in [0, 0.1) is 5.92 Å². The highest BCUT2D eigenvalue weighted by Crippen LogP contribution is 2.45. The van der Waals surface area contributed by atoms with E-state index in [0.29, 0.717) is 25.7 Å². The fourth-order valence-electron chi connectivity index (χ4n) is 15.0. The molecule has 0 rings (SSSR count). The van der Waals surface area contributed by atoms with Gasteiger partial charge in [0, 0.05) is 25.7 Å². The van der Waals surface area contributed by atoms with Gasteiger partial charge in [-0.2, -0.15) is 0 Å². The van der Waals surface area contributed by atoms with Crippen molar-refractivity contribution in [1.29, 1.82) is 0 Å². The Morgan fingerprint density at radius 3 is 0.623 bits per heavy atom. The second-order valence-electron chi connectivity index (χ2n) is 34.4. The molecule has 114 heavy (non-hydrogen) atoms. The molecule has 0 heterocycles. The first-order valence-electron chi connectivity index (χ1n) is 49.2. The van der Waals surface area contributed by atoms with Gasteiger partial charge in [0.2, 0.25) is 0 Å². The van der Waals surface area contributed by atoms with Crippen LogP contribution in [-0.2, 0) is 65.4 Å². The summed E-state index contributed by atoms with van der Waals surface area (Å²) in [5, 5.41) is 10.7. The van der Waals surface area contributed by atoms with Gasteiger partial charge in [0.1, 0.15) is 19.3 Å². The van der Waals surface area contributed by atoms with Gasteiger partial charge in [-0.3, -0.25) is 37.3 Å². The van der Waals surface area contributed by atoms with Gasteiger partial charge >= 0.3 is 39.5 Å². The van der Waals surface area contributed by atoms with Crippen molar-refractivity contribution in [3.05, 3.63) is 0 Å². The fourth-order valence-corrected chi connectivity index (χ4v) is 16.6. The maximum atomic E-state index is 13.2. The lowest BCUT2D eigenvalue weighted by atomic mass is 9.99. The summed E-state index contributed by atoms with van der Waals surface area (Å²) in [5.74, 6) is -1.24. The molecule has 0 aliphatic rings. The molecule has 0 bridgehead atoms. The van der Waals surface area contributed by atoms with E-state index in [1.165, 1.54) is 347 Å². The average molecular weight is 1660 g/mol. The van der Waals surface area contributed by atoms with Gasteiger partial charge in [0.25, 0.3) is 0 Å². The predicted molar refractivity (Wildman–Crippen MR) is 474 cm³/mol. The van der Waals surface area contributed by atoms with Crippen LogP contribution in [0.15, 0.2) is 0 Å². The number of unbranched alkanes of at least 4 members (excludes halogenated alkanes) is 66. The maximum absolute atomic E-state index is 13.2. The molecular weight excluding hydrogens is 1470 g/mol. The summed E-state index contributed by atoms with van der Waals surface area (Å²) >= 11 is 0. The van der Waals surface area contributed by atoms with E-state index in [0.717, 1.165) is 95.8 Å². The van der Waals surface area contributed by atoms with E-state index >= 15 is 0 Å². The molecule has 3 N–H and O–H groups in total. The third-order valence-electron chi connectivity index (χ3n) is 22.9. The highest BCUT2D eigenvalue weighted by atomic mass is 31.2. The summed E-state index contributed by atoms with van der Waals surface area (Å²) in [4.78, 5) is 73.6. The standard InChI is InChI=1S/C95H186O17P2/c1-6-10-13-16-19-22-25-28-30-32-34-36-38-40-42-44-50-55-60-65-70-75-80-94(99)111-91(85-106-93(98)79-74-69-64-59-54-49-43-41-39-37-35-33-31-29-26-23-20-17-14-11-7-2)87-110-114(103,104)108-83-89(96)82-107-113(101,102)109-86-90(84-105-92(97)78-73-68-63-58-53-47-27-24-21-18-15-12-8-3)112-95(100)81-76-71-66-61-56-51-46-45-48-52-57-62-67-72-77-88(5)9-4/h88-91,96H,6-87H2,1-5H3,(H,101,102)(H,103,104)/t88?,89-,90+,91+/m0/s1. The molecule has 0 aliphatic carbocycles. The second kappa shape index (κ2) is 87.4. The number of carbonyl (C=O) groups is 4. The van der Waals surface area contributed by atoms with Gasteiger partial charge in [-0.1, -0.05) is 471 Å².